The van der Waals surface area contributed by atoms with Crippen molar-refractivity contribution in [2.75, 3.05) is 12.3 Å². The number of nitrogens with zero attached hydrogens (tertiary/aromatic N) is 1. The Hall–Kier alpha value is 0.0800. The monoisotopic (exact) mass is 228 g/mol. The van der Waals surface area contributed by atoms with Gasteiger partial charge in [-0.3, -0.25) is 9.55 Å². The molecular weight excluding hydrogens is 220 g/mol. The Labute approximate surface area is 78.3 Å². The van der Waals surface area contributed by atoms with Gasteiger partial charge in [-0.2, -0.15) is 8.42 Å². The van der Waals surface area contributed by atoms with E-state index >= 15 is 0 Å². The molecule has 0 aromatic heterocycles. The highest BCUT2D eigenvalue weighted by Crippen LogP contribution is 2.24. The maximum Gasteiger partial charge on any atom is 0.319 e. The van der Waals surface area contributed by atoms with Crippen molar-refractivity contribution >= 4 is 36.9 Å². The molecule has 5 nitrogen and oxygen atoms in total. The molecule has 0 fully saturated rings. The number of hydrogen-bond donors (Lipinski definition) is 2. The van der Waals surface area contributed by atoms with Gasteiger partial charge in [0, 0.05) is 11.0 Å². The van der Waals surface area contributed by atoms with E-state index in [1.807, 2.05) is 0 Å². The summed E-state index contributed by atoms with van der Waals surface area (Å²) in [5.74, 6) is 0.313. The van der Waals surface area contributed by atoms with E-state index in [1.54, 1.807) is 0 Å². The fourth-order valence-corrected chi connectivity index (χ4v) is 3.50. The van der Waals surface area contributed by atoms with Gasteiger partial charge in [-0.25, -0.2) is 0 Å². The Morgan fingerprint density at radius 1 is 1.83 bits per heavy atom. The zero-order valence-electron chi connectivity index (χ0n) is 6.00. The summed E-state index contributed by atoms with van der Waals surface area (Å²) in [6.45, 7) is 0.527. The molecule has 1 aliphatic heterocycles. The molecule has 3 N–H and O–H groups in total. The number of rotatable bonds is 3. The molecule has 0 bridgehead atoms. The van der Waals surface area contributed by atoms with Crippen molar-refractivity contribution in [1.29, 1.82) is 0 Å². The van der Waals surface area contributed by atoms with E-state index in [1.165, 1.54) is 11.8 Å². The van der Waals surface area contributed by atoms with Gasteiger partial charge in [-0.15, -0.1) is 0 Å². The molecule has 0 radical (unpaired) electrons. The lowest BCUT2D eigenvalue weighted by molar-refractivity contribution is 0.503. The summed E-state index contributed by atoms with van der Waals surface area (Å²) in [5.41, 5.74) is 5.36. The van der Waals surface area contributed by atoms with Crippen molar-refractivity contribution in [3.8, 4) is 0 Å². The van der Waals surface area contributed by atoms with Crippen LogP contribution in [0.4, 0.5) is 0 Å². The van der Waals surface area contributed by atoms with Gasteiger partial charge in [-0.1, -0.05) is 11.8 Å². The first kappa shape index (κ1) is 10.2. The first-order valence-electron chi connectivity index (χ1n) is 3.06. The highest BCUT2D eigenvalue weighted by atomic mass is 33.1. The Morgan fingerprint density at radius 3 is 2.92 bits per heavy atom. The summed E-state index contributed by atoms with van der Waals surface area (Å²) in [6.07, 6.45) is 0. The summed E-state index contributed by atoms with van der Waals surface area (Å²) >= 11 is 1.34. The average Bonchev–Trinajstić information content (AvgIpc) is 2.30. The van der Waals surface area contributed by atoms with Crippen LogP contribution in [0.2, 0.25) is 0 Å². The Balaban J connectivity index is 2.28. The molecule has 0 saturated heterocycles. The third-order valence-electron chi connectivity index (χ3n) is 1.14. The zero-order valence-corrected chi connectivity index (χ0v) is 8.45. The standard InChI is InChI=1S/C4H8N2O3S3/c5-4-6-1-3(11-4)2-10-12(7,8)9/h3H,1-2H2,(H2,5,6)(H,7,8,9). The van der Waals surface area contributed by atoms with Crippen molar-refractivity contribution in [3.63, 3.8) is 0 Å². The average molecular weight is 228 g/mol. The molecule has 0 spiro atoms. The smallest absolute Gasteiger partial charge is 0.319 e. The van der Waals surface area contributed by atoms with Gasteiger partial charge >= 0.3 is 9.15 Å². The maximum atomic E-state index is 10.3. The van der Waals surface area contributed by atoms with Crippen molar-refractivity contribution in [2.24, 2.45) is 10.7 Å². The molecule has 0 amide bonds. The quantitative estimate of drug-likeness (QED) is 0.520. The highest BCUT2D eigenvalue weighted by Gasteiger charge is 2.20. The molecule has 0 saturated carbocycles. The third-order valence-corrected chi connectivity index (χ3v) is 4.51. The van der Waals surface area contributed by atoms with Gasteiger partial charge < -0.3 is 5.73 Å². The van der Waals surface area contributed by atoms with Crippen LogP contribution in [-0.2, 0) is 9.15 Å². The molecule has 0 aromatic carbocycles. The van der Waals surface area contributed by atoms with E-state index in [2.05, 4.69) is 4.99 Å². The molecule has 1 atom stereocenters. The van der Waals surface area contributed by atoms with Crippen molar-refractivity contribution in [3.05, 3.63) is 0 Å². The lowest BCUT2D eigenvalue weighted by atomic mass is 10.5. The van der Waals surface area contributed by atoms with Gasteiger partial charge in [0.2, 0.25) is 0 Å². The lowest BCUT2D eigenvalue weighted by Crippen LogP contribution is -2.10. The summed E-state index contributed by atoms with van der Waals surface area (Å²) in [4.78, 5) is 3.89. The highest BCUT2D eigenvalue weighted by molar-refractivity contribution is 8.70. The van der Waals surface area contributed by atoms with Gasteiger partial charge in [0.15, 0.2) is 5.17 Å². The molecular formula is C4H8N2O3S3. The van der Waals surface area contributed by atoms with E-state index in [9.17, 15) is 8.42 Å². The number of hydrogen-bond acceptors (Lipinski definition) is 6. The molecule has 0 aliphatic carbocycles. The minimum Gasteiger partial charge on any atom is -0.379 e. The van der Waals surface area contributed by atoms with Gasteiger partial charge in [0.05, 0.1) is 6.54 Å². The summed E-state index contributed by atoms with van der Waals surface area (Å²) in [6, 6.07) is 0. The fourth-order valence-electron chi connectivity index (χ4n) is 0.686. The molecule has 8 heteroatoms. The molecule has 1 unspecified atom stereocenters. The fraction of sp³-hybridized carbons (Fsp3) is 0.750. The van der Waals surface area contributed by atoms with Crippen LogP contribution in [0.15, 0.2) is 4.99 Å². The minimum absolute atomic E-state index is 0.0666. The predicted molar refractivity (Wildman–Crippen MR) is 51.9 cm³/mol. The molecule has 70 valence electrons. The van der Waals surface area contributed by atoms with Crippen LogP contribution in [0.1, 0.15) is 0 Å². The number of nitrogens with two attached hydrogens (primary N) is 1. The van der Waals surface area contributed by atoms with Crippen LogP contribution in [0, 0.1) is 0 Å². The number of thioether (sulfide) groups is 1. The molecule has 1 aliphatic rings. The van der Waals surface area contributed by atoms with Crippen LogP contribution in [0.25, 0.3) is 0 Å². The Morgan fingerprint density at radius 2 is 2.50 bits per heavy atom. The van der Waals surface area contributed by atoms with Crippen LogP contribution >= 0.6 is 22.6 Å². The summed E-state index contributed by atoms with van der Waals surface area (Å²) < 4.78 is 29.0. The largest absolute Gasteiger partial charge is 0.379 e. The number of aliphatic imine (C=N–C) groups is 1. The summed E-state index contributed by atoms with van der Waals surface area (Å²) in [7, 11) is -3.41. The van der Waals surface area contributed by atoms with Crippen molar-refractivity contribution < 1.29 is 13.0 Å². The van der Waals surface area contributed by atoms with Gasteiger partial charge in [0.25, 0.3) is 0 Å². The van der Waals surface area contributed by atoms with E-state index in [0.717, 1.165) is 0 Å². The first-order chi connectivity index (χ1) is 5.47. The van der Waals surface area contributed by atoms with Crippen LogP contribution < -0.4 is 5.73 Å². The predicted octanol–water partition coefficient (Wildman–Crippen LogP) is -0.0475. The van der Waals surface area contributed by atoms with E-state index in [0.29, 0.717) is 28.3 Å². The second-order valence-corrected chi connectivity index (χ2v) is 6.85. The van der Waals surface area contributed by atoms with Crippen LogP contribution in [-0.4, -0.2) is 35.7 Å². The van der Waals surface area contributed by atoms with Crippen LogP contribution in [0.5, 0.6) is 0 Å². The van der Waals surface area contributed by atoms with Gasteiger partial charge in [-0.05, 0) is 10.8 Å². The minimum atomic E-state index is -3.92. The zero-order chi connectivity index (χ0) is 9.19. The second kappa shape index (κ2) is 3.86. The normalized spacial score (nSPS) is 24.1. The Bertz CT molecular complexity index is 286. The summed E-state index contributed by atoms with van der Waals surface area (Å²) in [5, 5.41) is 0.549. The van der Waals surface area contributed by atoms with Gasteiger partial charge in [0.1, 0.15) is 0 Å². The number of amidine groups is 1. The van der Waals surface area contributed by atoms with Crippen LogP contribution in [0.3, 0.4) is 0 Å². The van der Waals surface area contributed by atoms with Crippen molar-refractivity contribution in [1.82, 2.24) is 0 Å². The first-order valence-corrected chi connectivity index (χ1v) is 6.88. The van der Waals surface area contributed by atoms with E-state index < -0.39 is 9.15 Å². The van der Waals surface area contributed by atoms with E-state index in [4.69, 9.17) is 10.3 Å². The second-order valence-electron chi connectivity index (χ2n) is 2.13. The SMILES string of the molecule is NC1=NCC(CSS(=O)(=O)O)S1. The molecule has 12 heavy (non-hydrogen) atoms. The van der Waals surface area contributed by atoms with E-state index in [-0.39, 0.29) is 5.25 Å². The van der Waals surface area contributed by atoms with Crippen molar-refractivity contribution in [2.45, 2.75) is 5.25 Å². The third kappa shape index (κ3) is 3.65. The lowest BCUT2D eigenvalue weighted by Gasteiger charge is -2.03. The Kier molecular flexibility index (Phi) is 3.27. The molecule has 1 heterocycles. The molecule has 1 rings (SSSR count). The maximum absolute atomic E-state index is 10.3. The molecule has 0 aromatic rings. The topological polar surface area (TPSA) is 92.8 Å².